The molecule has 1 aliphatic rings. The summed E-state index contributed by atoms with van der Waals surface area (Å²) in [6, 6.07) is 2.52. The molecular weight excluding hydrogens is 224 g/mol. The fourth-order valence-electron chi connectivity index (χ4n) is 2.39. The Labute approximate surface area is 110 Å². The first-order valence-corrected chi connectivity index (χ1v) is 6.90. The minimum absolute atomic E-state index is 0.191. The molecule has 1 aromatic heterocycles. The molecule has 1 saturated carbocycles. The molecule has 100 valence electrons. The van der Waals surface area contributed by atoms with Crippen LogP contribution in [-0.2, 0) is 0 Å². The van der Waals surface area contributed by atoms with Gasteiger partial charge in [-0.2, -0.15) is 0 Å². The molecule has 18 heavy (non-hydrogen) atoms. The molecule has 0 aliphatic heterocycles. The van der Waals surface area contributed by atoms with E-state index in [9.17, 15) is 0 Å². The molecule has 0 aromatic carbocycles. The lowest BCUT2D eigenvalue weighted by Gasteiger charge is -2.25. The Morgan fingerprint density at radius 1 is 1.39 bits per heavy atom. The lowest BCUT2D eigenvalue weighted by molar-refractivity contribution is 0.240. The van der Waals surface area contributed by atoms with Gasteiger partial charge < -0.3 is 10.1 Å². The average molecular weight is 248 g/mol. The van der Waals surface area contributed by atoms with Gasteiger partial charge in [0, 0.05) is 12.2 Å². The monoisotopic (exact) mass is 248 g/mol. The van der Waals surface area contributed by atoms with E-state index in [1.54, 1.807) is 6.20 Å². The quantitative estimate of drug-likeness (QED) is 0.838. The molecule has 1 atom stereocenters. The van der Waals surface area contributed by atoms with Crippen LogP contribution in [0.4, 0.5) is 0 Å². The van der Waals surface area contributed by atoms with Crippen LogP contribution in [0.25, 0.3) is 0 Å². The standard InChI is InChI=1S/C15H24N2O/c1-5-17-14(15(4)6-7-15)12-8-13(10-16-9-12)18-11(2)3/h8-11,14,17H,5-7H2,1-4H3. The van der Waals surface area contributed by atoms with E-state index in [4.69, 9.17) is 4.74 Å². The second kappa shape index (κ2) is 5.27. The van der Waals surface area contributed by atoms with E-state index in [2.05, 4.69) is 30.2 Å². The van der Waals surface area contributed by atoms with Gasteiger partial charge in [-0.25, -0.2) is 0 Å². The number of hydrogen-bond donors (Lipinski definition) is 1. The van der Waals surface area contributed by atoms with Crippen molar-refractivity contribution in [1.82, 2.24) is 10.3 Å². The Kier molecular flexibility index (Phi) is 3.91. The van der Waals surface area contributed by atoms with Crippen molar-refractivity contribution in [3.8, 4) is 5.75 Å². The third-order valence-electron chi connectivity index (χ3n) is 3.58. The maximum Gasteiger partial charge on any atom is 0.138 e. The molecule has 1 aliphatic carbocycles. The highest BCUT2D eigenvalue weighted by molar-refractivity contribution is 5.28. The number of nitrogens with zero attached hydrogens (tertiary/aromatic N) is 1. The van der Waals surface area contributed by atoms with Crippen LogP contribution in [0.15, 0.2) is 18.5 Å². The summed E-state index contributed by atoms with van der Waals surface area (Å²) in [7, 11) is 0. The highest BCUT2D eigenvalue weighted by Gasteiger charge is 2.45. The maximum atomic E-state index is 5.73. The number of aromatic nitrogens is 1. The van der Waals surface area contributed by atoms with Crippen LogP contribution in [-0.4, -0.2) is 17.6 Å². The number of pyridine rings is 1. The normalized spacial score (nSPS) is 18.7. The lowest BCUT2D eigenvalue weighted by atomic mass is 9.92. The third kappa shape index (κ3) is 3.02. The molecule has 0 bridgehead atoms. The van der Waals surface area contributed by atoms with Gasteiger partial charge in [-0.15, -0.1) is 0 Å². The van der Waals surface area contributed by atoms with E-state index in [1.807, 2.05) is 20.0 Å². The van der Waals surface area contributed by atoms with Crippen LogP contribution in [0.2, 0.25) is 0 Å². The highest BCUT2D eigenvalue weighted by Crippen LogP contribution is 2.54. The largest absolute Gasteiger partial charge is 0.489 e. The molecule has 0 radical (unpaired) electrons. The Morgan fingerprint density at radius 2 is 2.11 bits per heavy atom. The minimum Gasteiger partial charge on any atom is -0.489 e. The van der Waals surface area contributed by atoms with Gasteiger partial charge in [-0.3, -0.25) is 4.98 Å². The second-order valence-electron chi connectivity index (χ2n) is 5.77. The average Bonchev–Trinajstić information content (AvgIpc) is 3.04. The first-order chi connectivity index (χ1) is 8.55. The van der Waals surface area contributed by atoms with Crippen molar-refractivity contribution in [2.75, 3.05) is 6.54 Å². The van der Waals surface area contributed by atoms with Crippen molar-refractivity contribution in [3.05, 3.63) is 24.0 Å². The van der Waals surface area contributed by atoms with E-state index in [0.29, 0.717) is 11.5 Å². The first-order valence-electron chi connectivity index (χ1n) is 6.90. The summed E-state index contributed by atoms with van der Waals surface area (Å²) in [6.07, 6.45) is 6.53. The Bertz CT molecular complexity index is 399. The molecule has 3 nitrogen and oxygen atoms in total. The zero-order chi connectivity index (χ0) is 13.2. The number of hydrogen-bond acceptors (Lipinski definition) is 3. The molecule has 1 aromatic rings. The van der Waals surface area contributed by atoms with Gasteiger partial charge in [0.15, 0.2) is 0 Å². The fourth-order valence-corrected chi connectivity index (χ4v) is 2.39. The van der Waals surface area contributed by atoms with Crippen molar-refractivity contribution in [2.45, 2.75) is 52.7 Å². The van der Waals surface area contributed by atoms with Gasteiger partial charge in [0.25, 0.3) is 0 Å². The van der Waals surface area contributed by atoms with E-state index < -0.39 is 0 Å². The summed E-state index contributed by atoms with van der Waals surface area (Å²) in [6.45, 7) is 9.56. The van der Waals surface area contributed by atoms with Crippen molar-refractivity contribution >= 4 is 0 Å². The van der Waals surface area contributed by atoms with Crippen LogP contribution in [0.5, 0.6) is 5.75 Å². The zero-order valence-corrected chi connectivity index (χ0v) is 11.9. The van der Waals surface area contributed by atoms with E-state index >= 15 is 0 Å². The van der Waals surface area contributed by atoms with Crippen molar-refractivity contribution < 1.29 is 4.74 Å². The van der Waals surface area contributed by atoms with Gasteiger partial charge in [-0.05, 0) is 50.3 Å². The van der Waals surface area contributed by atoms with Crippen molar-refractivity contribution in [2.24, 2.45) is 5.41 Å². The van der Waals surface area contributed by atoms with Crippen molar-refractivity contribution in [1.29, 1.82) is 0 Å². The van der Waals surface area contributed by atoms with E-state index in [-0.39, 0.29) is 6.10 Å². The summed E-state index contributed by atoms with van der Waals surface area (Å²) in [5.41, 5.74) is 1.64. The van der Waals surface area contributed by atoms with Crippen molar-refractivity contribution in [3.63, 3.8) is 0 Å². The molecule has 0 saturated heterocycles. The third-order valence-corrected chi connectivity index (χ3v) is 3.58. The Hall–Kier alpha value is -1.09. The topological polar surface area (TPSA) is 34.2 Å². The Balaban J connectivity index is 2.19. The maximum absolute atomic E-state index is 5.73. The predicted octanol–water partition coefficient (Wildman–Crippen LogP) is 3.32. The van der Waals surface area contributed by atoms with Crippen LogP contribution in [0.3, 0.4) is 0 Å². The number of ether oxygens (including phenoxy) is 1. The number of rotatable bonds is 6. The molecule has 1 N–H and O–H groups in total. The molecule has 0 spiro atoms. The van der Waals surface area contributed by atoms with Gasteiger partial charge in [0.2, 0.25) is 0 Å². The van der Waals surface area contributed by atoms with E-state index in [1.165, 1.54) is 18.4 Å². The zero-order valence-electron chi connectivity index (χ0n) is 11.9. The molecule has 0 amide bonds. The Morgan fingerprint density at radius 3 is 2.67 bits per heavy atom. The van der Waals surface area contributed by atoms with E-state index in [0.717, 1.165) is 12.3 Å². The SMILES string of the molecule is CCNC(c1cncc(OC(C)C)c1)C1(C)CC1. The van der Waals surface area contributed by atoms with Crippen LogP contribution < -0.4 is 10.1 Å². The van der Waals surface area contributed by atoms with Gasteiger partial charge in [0.1, 0.15) is 5.75 Å². The molecular formula is C15H24N2O. The molecule has 1 unspecified atom stereocenters. The summed E-state index contributed by atoms with van der Waals surface area (Å²) in [5, 5.41) is 3.59. The highest BCUT2D eigenvalue weighted by atomic mass is 16.5. The minimum atomic E-state index is 0.191. The summed E-state index contributed by atoms with van der Waals surface area (Å²) in [4.78, 5) is 4.32. The van der Waals surface area contributed by atoms with Crippen LogP contribution in [0, 0.1) is 5.41 Å². The van der Waals surface area contributed by atoms with Crippen LogP contribution >= 0.6 is 0 Å². The molecule has 1 heterocycles. The van der Waals surface area contributed by atoms with Gasteiger partial charge >= 0.3 is 0 Å². The molecule has 2 rings (SSSR count). The summed E-state index contributed by atoms with van der Waals surface area (Å²) < 4.78 is 5.73. The first kappa shape index (κ1) is 13.3. The fraction of sp³-hybridized carbons (Fsp3) is 0.667. The molecule has 1 fully saturated rings. The summed E-state index contributed by atoms with van der Waals surface area (Å²) >= 11 is 0. The summed E-state index contributed by atoms with van der Waals surface area (Å²) in [5.74, 6) is 0.870. The number of nitrogens with one attached hydrogen (secondary N) is 1. The second-order valence-corrected chi connectivity index (χ2v) is 5.77. The lowest BCUT2D eigenvalue weighted by Crippen LogP contribution is -2.28. The smallest absolute Gasteiger partial charge is 0.138 e. The van der Waals surface area contributed by atoms with Gasteiger partial charge in [0.05, 0.1) is 12.3 Å². The van der Waals surface area contributed by atoms with Crippen LogP contribution in [0.1, 0.15) is 52.1 Å². The predicted molar refractivity (Wildman–Crippen MR) is 73.8 cm³/mol. The molecule has 3 heteroatoms. The van der Waals surface area contributed by atoms with Gasteiger partial charge in [-0.1, -0.05) is 13.8 Å².